The number of aromatic nitrogens is 2. The van der Waals surface area contributed by atoms with E-state index in [0.29, 0.717) is 0 Å². The molecule has 0 spiro atoms. The first kappa shape index (κ1) is 14.8. The molecule has 0 bridgehead atoms. The van der Waals surface area contributed by atoms with Crippen molar-refractivity contribution >= 4 is 21.7 Å². The molecule has 0 saturated heterocycles. The molecule has 0 fully saturated rings. The van der Waals surface area contributed by atoms with Crippen LogP contribution in [0.15, 0.2) is 97.3 Å². The minimum atomic E-state index is 0.984. The lowest BCUT2D eigenvalue weighted by Gasteiger charge is -2.11. The molecule has 2 aromatic heterocycles. The van der Waals surface area contributed by atoms with Gasteiger partial charge in [-0.2, -0.15) is 0 Å². The number of hydrogen-bond acceptors (Lipinski definition) is 2. The summed E-state index contributed by atoms with van der Waals surface area (Å²) in [5.74, 6) is 0. The maximum absolute atomic E-state index is 4.59. The lowest BCUT2D eigenvalue weighted by molar-refractivity contribution is 1.33. The SMILES string of the molecule is c1ccc(-c2cccc(-c3cc4ncccc4c4ccccc34)c2)nc1. The number of benzene rings is 3. The number of nitrogens with zero attached hydrogens (tertiary/aromatic N) is 2. The van der Waals surface area contributed by atoms with Crippen molar-refractivity contribution in [1.82, 2.24) is 9.97 Å². The summed E-state index contributed by atoms with van der Waals surface area (Å²) in [6.07, 6.45) is 3.68. The second-order valence-corrected chi connectivity index (χ2v) is 6.34. The fraction of sp³-hybridized carbons (Fsp3) is 0. The number of fused-ring (bicyclic) bond motifs is 3. The van der Waals surface area contributed by atoms with Crippen LogP contribution in [-0.4, -0.2) is 9.97 Å². The van der Waals surface area contributed by atoms with E-state index in [9.17, 15) is 0 Å². The Kier molecular flexibility index (Phi) is 3.46. The van der Waals surface area contributed by atoms with Crippen LogP contribution in [-0.2, 0) is 0 Å². The zero-order valence-electron chi connectivity index (χ0n) is 14.1. The summed E-state index contributed by atoms with van der Waals surface area (Å²) < 4.78 is 0. The van der Waals surface area contributed by atoms with Crippen LogP contribution < -0.4 is 0 Å². The Hall–Kier alpha value is -3.52. The molecule has 2 heteroatoms. The first-order valence-electron chi connectivity index (χ1n) is 8.68. The quantitative estimate of drug-likeness (QED) is 0.364. The Morgan fingerprint density at radius 1 is 0.500 bits per heavy atom. The predicted molar refractivity (Wildman–Crippen MR) is 108 cm³/mol. The van der Waals surface area contributed by atoms with Gasteiger partial charge in [-0.1, -0.05) is 54.6 Å². The highest BCUT2D eigenvalue weighted by Crippen LogP contribution is 2.35. The lowest BCUT2D eigenvalue weighted by atomic mass is 9.94. The van der Waals surface area contributed by atoms with E-state index in [1.165, 1.54) is 27.3 Å². The highest BCUT2D eigenvalue weighted by atomic mass is 14.7. The minimum absolute atomic E-state index is 0.984. The molecule has 0 saturated carbocycles. The average molecular weight is 332 g/mol. The summed E-state index contributed by atoms with van der Waals surface area (Å²) >= 11 is 0. The van der Waals surface area contributed by atoms with Crippen molar-refractivity contribution in [1.29, 1.82) is 0 Å². The Morgan fingerprint density at radius 3 is 2.15 bits per heavy atom. The van der Waals surface area contributed by atoms with Gasteiger partial charge in [-0.05, 0) is 52.2 Å². The van der Waals surface area contributed by atoms with Crippen molar-refractivity contribution in [2.75, 3.05) is 0 Å². The molecule has 5 rings (SSSR count). The van der Waals surface area contributed by atoms with Crippen LogP contribution in [0.5, 0.6) is 0 Å². The van der Waals surface area contributed by atoms with Crippen LogP contribution in [0.3, 0.4) is 0 Å². The zero-order valence-corrected chi connectivity index (χ0v) is 14.1. The predicted octanol–water partition coefficient (Wildman–Crippen LogP) is 6.12. The first-order valence-corrected chi connectivity index (χ1v) is 8.68. The molecule has 0 aliphatic carbocycles. The van der Waals surface area contributed by atoms with Crippen molar-refractivity contribution in [3.05, 3.63) is 97.3 Å². The third kappa shape index (κ3) is 2.44. The Bertz CT molecular complexity index is 1230. The summed E-state index contributed by atoms with van der Waals surface area (Å²) in [6, 6.07) is 29.4. The zero-order chi connectivity index (χ0) is 17.3. The molecule has 0 aliphatic rings. The first-order chi connectivity index (χ1) is 12.9. The van der Waals surface area contributed by atoms with E-state index in [-0.39, 0.29) is 0 Å². The van der Waals surface area contributed by atoms with Crippen LogP contribution in [0.25, 0.3) is 44.1 Å². The second kappa shape index (κ2) is 6.08. The van der Waals surface area contributed by atoms with Gasteiger partial charge in [-0.3, -0.25) is 9.97 Å². The maximum atomic E-state index is 4.59. The molecular formula is C24H16N2. The molecule has 0 radical (unpaired) electrons. The molecule has 0 amide bonds. The van der Waals surface area contributed by atoms with Crippen LogP contribution in [0.1, 0.15) is 0 Å². The van der Waals surface area contributed by atoms with Crippen LogP contribution in [0.4, 0.5) is 0 Å². The van der Waals surface area contributed by atoms with Gasteiger partial charge in [0.2, 0.25) is 0 Å². The Balaban J connectivity index is 1.79. The van der Waals surface area contributed by atoms with Crippen molar-refractivity contribution in [2.24, 2.45) is 0 Å². The number of hydrogen-bond donors (Lipinski definition) is 0. The number of rotatable bonds is 2. The molecule has 2 nitrogen and oxygen atoms in total. The topological polar surface area (TPSA) is 25.8 Å². The van der Waals surface area contributed by atoms with Crippen molar-refractivity contribution < 1.29 is 0 Å². The van der Waals surface area contributed by atoms with Crippen LogP contribution >= 0.6 is 0 Å². The van der Waals surface area contributed by atoms with Gasteiger partial charge in [0.1, 0.15) is 0 Å². The largest absolute Gasteiger partial charge is 0.256 e. The molecule has 0 unspecified atom stereocenters. The molecule has 122 valence electrons. The van der Waals surface area contributed by atoms with E-state index in [0.717, 1.165) is 16.8 Å². The molecule has 26 heavy (non-hydrogen) atoms. The monoisotopic (exact) mass is 332 g/mol. The summed E-state index contributed by atoms with van der Waals surface area (Å²) in [4.78, 5) is 9.07. The van der Waals surface area contributed by atoms with Gasteiger partial charge in [0.15, 0.2) is 0 Å². The van der Waals surface area contributed by atoms with Crippen molar-refractivity contribution in [2.45, 2.75) is 0 Å². The molecule has 0 N–H and O–H groups in total. The van der Waals surface area contributed by atoms with E-state index in [2.05, 4.69) is 70.6 Å². The molecule has 0 atom stereocenters. The smallest absolute Gasteiger partial charge is 0.0714 e. The van der Waals surface area contributed by atoms with Gasteiger partial charge in [-0.15, -0.1) is 0 Å². The third-order valence-corrected chi connectivity index (χ3v) is 4.76. The van der Waals surface area contributed by atoms with E-state index in [4.69, 9.17) is 0 Å². The van der Waals surface area contributed by atoms with Gasteiger partial charge >= 0.3 is 0 Å². The fourth-order valence-electron chi connectivity index (χ4n) is 3.55. The Labute approximate surface area is 151 Å². The molecule has 0 aliphatic heterocycles. The van der Waals surface area contributed by atoms with E-state index in [1.807, 2.05) is 36.7 Å². The van der Waals surface area contributed by atoms with Gasteiger partial charge in [-0.25, -0.2) is 0 Å². The molecule has 5 aromatic rings. The van der Waals surface area contributed by atoms with Gasteiger partial charge < -0.3 is 0 Å². The summed E-state index contributed by atoms with van der Waals surface area (Å²) in [7, 11) is 0. The van der Waals surface area contributed by atoms with E-state index < -0.39 is 0 Å². The Morgan fingerprint density at radius 2 is 1.27 bits per heavy atom. The van der Waals surface area contributed by atoms with Gasteiger partial charge in [0.25, 0.3) is 0 Å². The van der Waals surface area contributed by atoms with E-state index in [1.54, 1.807) is 0 Å². The highest BCUT2D eigenvalue weighted by molar-refractivity contribution is 6.12. The standard InChI is InChI=1S/C24H16N2/c1-2-10-20-19(9-1)21-11-6-14-26-24(21)16-22(20)17-7-5-8-18(15-17)23-12-3-4-13-25-23/h1-16H. The van der Waals surface area contributed by atoms with Crippen molar-refractivity contribution in [3.63, 3.8) is 0 Å². The summed E-state index contributed by atoms with van der Waals surface area (Å²) in [5, 5.41) is 3.66. The van der Waals surface area contributed by atoms with Crippen LogP contribution in [0, 0.1) is 0 Å². The van der Waals surface area contributed by atoms with Crippen LogP contribution in [0.2, 0.25) is 0 Å². The molecular weight excluding hydrogens is 316 g/mol. The second-order valence-electron chi connectivity index (χ2n) is 6.34. The average Bonchev–Trinajstić information content (AvgIpc) is 2.74. The van der Waals surface area contributed by atoms with Gasteiger partial charge in [0.05, 0.1) is 11.2 Å². The van der Waals surface area contributed by atoms with Crippen molar-refractivity contribution in [3.8, 4) is 22.4 Å². The number of pyridine rings is 2. The minimum Gasteiger partial charge on any atom is -0.256 e. The summed E-state index contributed by atoms with van der Waals surface area (Å²) in [5.41, 5.74) is 5.50. The maximum Gasteiger partial charge on any atom is 0.0714 e. The lowest BCUT2D eigenvalue weighted by Crippen LogP contribution is -1.88. The highest BCUT2D eigenvalue weighted by Gasteiger charge is 2.10. The third-order valence-electron chi connectivity index (χ3n) is 4.76. The van der Waals surface area contributed by atoms with E-state index >= 15 is 0 Å². The fourth-order valence-corrected chi connectivity index (χ4v) is 3.55. The molecule has 2 heterocycles. The molecule has 3 aromatic carbocycles. The van der Waals surface area contributed by atoms with Gasteiger partial charge in [0, 0.05) is 23.3 Å². The summed E-state index contributed by atoms with van der Waals surface area (Å²) in [6.45, 7) is 0. The normalized spacial score (nSPS) is 11.1.